The SMILES string of the molecule is COc1cc(C=O)ccc1OS(=O)O. The van der Waals surface area contributed by atoms with E-state index in [4.69, 9.17) is 9.29 Å². The topological polar surface area (TPSA) is 72.8 Å². The fourth-order valence-corrected chi connectivity index (χ4v) is 1.19. The predicted octanol–water partition coefficient (Wildman–Crippen LogP) is 1.02. The quantitative estimate of drug-likeness (QED) is 0.601. The molecular formula is C8H8O5S. The second kappa shape index (κ2) is 4.73. The summed E-state index contributed by atoms with van der Waals surface area (Å²) in [5, 5.41) is 0. The number of methoxy groups -OCH3 is 1. The third-order valence-electron chi connectivity index (χ3n) is 1.48. The summed E-state index contributed by atoms with van der Waals surface area (Å²) in [6.07, 6.45) is 0.641. The molecule has 0 saturated carbocycles. The number of rotatable bonds is 4. The van der Waals surface area contributed by atoms with E-state index in [1.807, 2.05) is 0 Å². The molecule has 1 atom stereocenters. The minimum Gasteiger partial charge on any atom is -0.493 e. The van der Waals surface area contributed by atoms with Crippen molar-refractivity contribution < 1.29 is 22.5 Å². The highest BCUT2D eigenvalue weighted by Crippen LogP contribution is 2.27. The first-order valence-electron chi connectivity index (χ1n) is 3.59. The number of benzene rings is 1. The minimum atomic E-state index is -2.41. The van der Waals surface area contributed by atoms with Crippen LogP contribution in [0.4, 0.5) is 0 Å². The number of carbonyl (C=O) groups is 1. The molecule has 5 nitrogen and oxygen atoms in total. The van der Waals surface area contributed by atoms with Gasteiger partial charge in [-0.2, -0.15) is 4.21 Å². The van der Waals surface area contributed by atoms with Crippen molar-refractivity contribution in [3.05, 3.63) is 23.8 Å². The van der Waals surface area contributed by atoms with Gasteiger partial charge in [-0.25, -0.2) is 0 Å². The van der Waals surface area contributed by atoms with E-state index in [1.165, 1.54) is 25.3 Å². The summed E-state index contributed by atoms with van der Waals surface area (Å²) in [4.78, 5) is 10.4. The maximum absolute atomic E-state index is 10.4. The number of aldehydes is 1. The average Bonchev–Trinajstić information content (AvgIpc) is 2.17. The lowest BCUT2D eigenvalue weighted by molar-refractivity contribution is 0.112. The Morgan fingerprint density at radius 3 is 2.64 bits per heavy atom. The van der Waals surface area contributed by atoms with Gasteiger partial charge in [0.1, 0.15) is 6.29 Å². The smallest absolute Gasteiger partial charge is 0.357 e. The molecular weight excluding hydrogens is 208 g/mol. The van der Waals surface area contributed by atoms with Gasteiger partial charge in [-0.15, -0.1) is 0 Å². The second-order valence-electron chi connectivity index (χ2n) is 2.33. The Morgan fingerprint density at radius 2 is 2.14 bits per heavy atom. The van der Waals surface area contributed by atoms with Crippen molar-refractivity contribution in [2.45, 2.75) is 0 Å². The van der Waals surface area contributed by atoms with E-state index in [0.717, 1.165) is 0 Å². The summed E-state index contributed by atoms with van der Waals surface area (Å²) < 4.78 is 28.2. The molecule has 0 aliphatic carbocycles. The van der Waals surface area contributed by atoms with Gasteiger partial charge in [-0.1, -0.05) is 0 Å². The molecule has 0 amide bonds. The molecule has 0 aliphatic heterocycles. The summed E-state index contributed by atoms with van der Waals surface area (Å²) in [6.45, 7) is 0. The number of hydrogen-bond acceptors (Lipinski definition) is 4. The fourth-order valence-electron chi connectivity index (χ4n) is 0.903. The molecule has 0 saturated heterocycles. The van der Waals surface area contributed by atoms with Gasteiger partial charge >= 0.3 is 11.4 Å². The van der Waals surface area contributed by atoms with Crippen molar-refractivity contribution in [3.63, 3.8) is 0 Å². The largest absolute Gasteiger partial charge is 0.493 e. The van der Waals surface area contributed by atoms with Gasteiger partial charge in [0.15, 0.2) is 11.5 Å². The molecule has 6 heteroatoms. The van der Waals surface area contributed by atoms with E-state index in [0.29, 0.717) is 11.8 Å². The highest BCUT2D eigenvalue weighted by molar-refractivity contribution is 7.74. The summed E-state index contributed by atoms with van der Waals surface area (Å²) in [7, 11) is 1.37. The van der Waals surface area contributed by atoms with Crippen LogP contribution in [0, 0.1) is 0 Å². The molecule has 0 aliphatic rings. The Labute approximate surface area is 83.1 Å². The summed E-state index contributed by atoms with van der Waals surface area (Å²) in [5.74, 6) is 0.343. The summed E-state index contributed by atoms with van der Waals surface area (Å²) >= 11 is -2.41. The van der Waals surface area contributed by atoms with E-state index < -0.39 is 11.4 Å². The maximum Gasteiger partial charge on any atom is 0.357 e. The van der Waals surface area contributed by atoms with Crippen molar-refractivity contribution in [1.82, 2.24) is 0 Å². The highest BCUT2D eigenvalue weighted by Gasteiger charge is 2.07. The molecule has 0 heterocycles. The van der Waals surface area contributed by atoms with Gasteiger partial charge in [0.2, 0.25) is 0 Å². The zero-order valence-corrected chi connectivity index (χ0v) is 8.11. The first-order valence-corrected chi connectivity index (χ1v) is 4.63. The van der Waals surface area contributed by atoms with Gasteiger partial charge in [0, 0.05) is 5.56 Å². The van der Waals surface area contributed by atoms with Gasteiger partial charge in [0.05, 0.1) is 7.11 Å². The lowest BCUT2D eigenvalue weighted by Crippen LogP contribution is -2.00. The van der Waals surface area contributed by atoms with Crippen LogP contribution in [-0.4, -0.2) is 22.2 Å². The van der Waals surface area contributed by atoms with Crippen molar-refractivity contribution in [1.29, 1.82) is 0 Å². The van der Waals surface area contributed by atoms with E-state index in [9.17, 15) is 9.00 Å². The second-order valence-corrected chi connectivity index (χ2v) is 2.93. The number of carbonyl (C=O) groups excluding carboxylic acids is 1. The van der Waals surface area contributed by atoms with Crippen LogP contribution >= 0.6 is 0 Å². The van der Waals surface area contributed by atoms with Crippen molar-refractivity contribution >= 4 is 17.6 Å². The van der Waals surface area contributed by atoms with E-state index in [-0.39, 0.29) is 11.5 Å². The molecule has 0 spiro atoms. The molecule has 0 aromatic heterocycles. The molecule has 0 bridgehead atoms. The van der Waals surface area contributed by atoms with Gasteiger partial charge in [-0.05, 0) is 18.2 Å². The number of hydrogen-bond donors (Lipinski definition) is 1. The van der Waals surface area contributed by atoms with Crippen LogP contribution in [-0.2, 0) is 11.4 Å². The van der Waals surface area contributed by atoms with Crippen LogP contribution in [0.2, 0.25) is 0 Å². The highest BCUT2D eigenvalue weighted by atomic mass is 32.2. The third-order valence-corrected chi connectivity index (χ3v) is 1.81. The fraction of sp³-hybridized carbons (Fsp3) is 0.125. The average molecular weight is 216 g/mol. The van der Waals surface area contributed by atoms with Crippen LogP contribution in [0.5, 0.6) is 11.5 Å². The monoisotopic (exact) mass is 216 g/mol. The van der Waals surface area contributed by atoms with Crippen molar-refractivity contribution in [2.75, 3.05) is 7.11 Å². The molecule has 76 valence electrons. The Kier molecular flexibility index (Phi) is 3.61. The molecule has 1 aromatic rings. The van der Waals surface area contributed by atoms with Crippen molar-refractivity contribution in [2.24, 2.45) is 0 Å². The van der Waals surface area contributed by atoms with Crippen LogP contribution < -0.4 is 8.92 Å². The lowest BCUT2D eigenvalue weighted by Gasteiger charge is -2.06. The first-order chi connectivity index (χ1) is 6.67. The van der Waals surface area contributed by atoms with Crippen LogP contribution in [0.3, 0.4) is 0 Å². The van der Waals surface area contributed by atoms with E-state index in [1.54, 1.807) is 0 Å². The molecule has 0 radical (unpaired) electrons. The molecule has 1 unspecified atom stereocenters. The molecule has 14 heavy (non-hydrogen) atoms. The van der Waals surface area contributed by atoms with Crippen LogP contribution in [0.1, 0.15) is 10.4 Å². The summed E-state index contributed by atoms with van der Waals surface area (Å²) in [5.41, 5.74) is 0.401. The Morgan fingerprint density at radius 1 is 1.43 bits per heavy atom. The Hall–Kier alpha value is -1.40. The van der Waals surface area contributed by atoms with Gasteiger partial charge in [0.25, 0.3) is 0 Å². The normalized spacial score (nSPS) is 11.9. The van der Waals surface area contributed by atoms with Crippen LogP contribution in [0.25, 0.3) is 0 Å². The lowest BCUT2D eigenvalue weighted by atomic mass is 10.2. The van der Waals surface area contributed by atoms with Gasteiger partial charge < -0.3 is 8.92 Å². The minimum absolute atomic E-state index is 0.110. The Balaban J connectivity index is 3.04. The number of ether oxygens (including phenoxy) is 1. The van der Waals surface area contributed by atoms with Crippen molar-refractivity contribution in [3.8, 4) is 11.5 Å². The predicted molar refractivity (Wildman–Crippen MR) is 49.8 cm³/mol. The first kappa shape index (κ1) is 10.7. The third kappa shape index (κ3) is 2.54. The van der Waals surface area contributed by atoms with Crippen LogP contribution in [0.15, 0.2) is 18.2 Å². The molecule has 0 fully saturated rings. The van der Waals surface area contributed by atoms with E-state index in [2.05, 4.69) is 4.18 Å². The van der Waals surface area contributed by atoms with E-state index >= 15 is 0 Å². The zero-order valence-electron chi connectivity index (χ0n) is 7.30. The molecule has 1 N–H and O–H groups in total. The molecule has 1 aromatic carbocycles. The standard InChI is InChI=1S/C8H8O5S/c1-12-8-4-6(5-9)2-3-7(8)13-14(10)11/h2-5H,1H3,(H,10,11). The van der Waals surface area contributed by atoms with Gasteiger partial charge in [-0.3, -0.25) is 9.35 Å². The zero-order chi connectivity index (χ0) is 10.6. The summed E-state index contributed by atoms with van der Waals surface area (Å²) in [6, 6.07) is 4.25. The molecule has 1 rings (SSSR count). The maximum atomic E-state index is 10.4. The Bertz CT molecular complexity index is 363.